The molecule has 6 heteroatoms. The molecule has 2 aliphatic rings. The van der Waals surface area contributed by atoms with E-state index in [4.69, 9.17) is 11.6 Å². The predicted octanol–water partition coefficient (Wildman–Crippen LogP) is 4.51. The van der Waals surface area contributed by atoms with E-state index in [1.807, 2.05) is 19.1 Å². The quantitative estimate of drug-likeness (QED) is 0.570. The van der Waals surface area contributed by atoms with E-state index >= 15 is 0 Å². The van der Waals surface area contributed by atoms with Crippen molar-refractivity contribution in [2.24, 2.45) is 0 Å². The summed E-state index contributed by atoms with van der Waals surface area (Å²) < 4.78 is 2.28. The Morgan fingerprint density at radius 2 is 2.09 bits per heavy atom. The molecule has 4 rings (SSSR count). The summed E-state index contributed by atoms with van der Waals surface area (Å²) in [6, 6.07) is 7.66. The van der Waals surface area contributed by atoms with Crippen LogP contribution in [0.4, 0.5) is 0 Å². The Labute approximate surface area is 144 Å². The second kappa shape index (κ2) is 5.95. The molecule has 2 aromatic rings. The van der Waals surface area contributed by atoms with Gasteiger partial charge in [0.05, 0.1) is 5.25 Å². The molecule has 0 radical (unpaired) electrons. The number of halogens is 1. The molecule has 0 amide bonds. The van der Waals surface area contributed by atoms with E-state index in [2.05, 4.69) is 14.8 Å². The van der Waals surface area contributed by atoms with Crippen LogP contribution in [0.1, 0.15) is 60.7 Å². The third kappa shape index (κ3) is 3.17. The number of aromatic nitrogens is 3. The van der Waals surface area contributed by atoms with Crippen LogP contribution in [0.15, 0.2) is 29.4 Å². The summed E-state index contributed by atoms with van der Waals surface area (Å²) in [7, 11) is 0. The molecule has 2 aliphatic carbocycles. The molecule has 0 unspecified atom stereocenters. The molecule has 4 nitrogen and oxygen atoms in total. The number of ketones is 1. The van der Waals surface area contributed by atoms with Crippen molar-refractivity contribution in [1.82, 2.24) is 14.8 Å². The van der Waals surface area contributed by atoms with Gasteiger partial charge < -0.3 is 4.57 Å². The molecule has 120 valence electrons. The topological polar surface area (TPSA) is 47.8 Å². The summed E-state index contributed by atoms with van der Waals surface area (Å²) >= 11 is 7.50. The lowest BCUT2D eigenvalue weighted by molar-refractivity contribution is 0.0994. The maximum absolute atomic E-state index is 12.6. The van der Waals surface area contributed by atoms with Crippen LogP contribution in [0, 0.1) is 0 Å². The number of rotatable bonds is 6. The molecule has 0 bridgehead atoms. The summed E-state index contributed by atoms with van der Waals surface area (Å²) in [4.78, 5) is 12.6. The monoisotopic (exact) mass is 347 g/mol. The average molecular weight is 348 g/mol. The fraction of sp³-hybridized carbons (Fsp3) is 0.471. The summed E-state index contributed by atoms with van der Waals surface area (Å²) in [6.45, 7) is 1.93. The summed E-state index contributed by atoms with van der Waals surface area (Å²) in [5, 5.41) is 10.0. The summed E-state index contributed by atoms with van der Waals surface area (Å²) in [5.41, 5.74) is 0.650. The van der Waals surface area contributed by atoms with E-state index in [0.717, 1.165) is 11.0 Å². The van der Waals surface area contributed by atoms with E-state index in [0.29, 0.717) is 22.5 Å². The van der Waals surface area contributed by atoms with E-state index in [-0.39, 0.29) is 11.0 Å². The molecular weight excluding hydrogens is 330 g/mol. The van der Waals surface area contributed by atoms with E-state index in [1.165, 1.54) is 37.4 Å². The van der Waals surface area contributed by atoms with Crippen molar-refractivity contribution in [1.29, 1.82) is 0 Å². The van der Waals surface area contributed by atoms with Crippen molar-refractivity contribution in [2.75, 3.05) is 0 Å². The molecule has 2 fully saturated rings. The number of thioether (sulfide) groups is 1. The molecule has 1 heterocycles. The third-order valence-corrected chi connectivity index (χ3v) is 5.60. The summed E-state index contributed by atoms with van der Waals surface area (Å²) in [5.74, 6) is 1.78. The number of nitrogens with zero attached hydrogens (tertiary/aromatic N) is 3. The number of Topliss-reactive ketones (excluding diaryl/α,β-unsaturated/α-hetero) is 1. The van der Waals surface area contributed by atoms with Gasteiger partial charge in [0.2, 0.25) is 0 Å². The van der Waals surface area contributed by atoms with Gasteiger partial charge in [0.1, 0.15) is 5.82 Å². The van der Waals surface area contributed by atoms with Crippen molar-refractivity contribution in [2.45, 2.75) is 55.0 Å². The molecule has 0 spiro atoms. The highest BCUT2D eigenvalue weighted by Crippen LogP contribution is 2.46. The summed E-state index contributed by atoms with van der Waals surface area (Å²) in [6.07, 6.45) is 4.82. The maximum Gasteiger partial charge on any atom is 0.192 e. The first-order valence-corrected chi connectivity index (χ1v) is 9.30. The Hall–Kier alpha value is -1.33. The number of hydrogen-bond donors (Lipinski definition) is 0. The normalized spacial score (nSPS) is 18.9. The standard InChI is InChI=1S/C17H18ClN3OS/c1-10(15(22)12-3-2-4-13(18)9-12)23-17-20-19-16(11-5-6-11)21(17)14-7-8-14/h2-4,9-11,14H,5-8H2,1H3/t10-/m1/s1. The highest BCUT2D eigenvalue weighted by atomic mass is 35.5. The Kier molecular flexibility index (Phi) is 3.93. The zero-order chi connectivity index (χ0) is 16.0. The zero-order valence-corrected chi connectivity index (χ0v) is 14.5. The number of hydrogen-bond acceptors (Lipinski definition) is 4. The van der Waals surface area contributed by atoms with Crippen molar-refractivity contribution in [3.05, 3.63) is 40.7 Å². The number of carbonyl (C=O) groups is 1. The van der Waals surface area contributed by atoms with Crippen LogP contribution in [-0.4, -0.2) is 25.8 Å². The number of benzene rings is 1. The largest absolute Gasteiger partial charge is 0.303 e. The van der Waals surface area contributed by atoms with E-state index < -0.39 is 0 Å². The van der Waals surface area contributed by atoms with Gasteiger partial charge in [0.25, 0.3) is 0 Å². The van der Waals surface area contributed by atoms with Crippen LogP contribution in [0.2, 0.25) is 5.02 Å². The highest BCUT2D eigenvalue weighted by molar-refractivity contribution is 8.00. The van der Waals surface area contributed by atoms with Crippen LogP contribution in [-0.2, 0) is 0 Å². The molecule has 1 atom stereocenters. The fourth-order valence-corrected chi connectivity index (χ4v) is 3.95. The minimum absolute atomic E-state index is 0.0795. The molecule has 1 aromatic carbocycles. The van der Waals surface area contributed by atoms with Gasteiger partial charge in [0, 0.05) is 22.5 Å². The Bertz CT molecular complexity index is 752. The number of carbonyl (C=O) groups excluding carboxylic acids is 1. The zero-order valence-electron chi connectivity index (χ0n) is 12.9. The minimum atomic E-state index is -0.206. The van der Waals surface area contributed by atoms with Gasteiger partial charge in [-0.25, -0.2) is 0 Å². The van der Waals surface area contributed by atoms with Crippen LogP contribution < -0.4 is 0 Å². The van der Waals surface area contributed by atoms with Crippen molar-refractivity contribution in [3.63, 3.8) is 0 Å². The van der Waals surface area contributed by atoms with E-state index in [9.17, 15) is 4.79 Å². The molecule has 0 aliphatic heterocycles. The second-order valence-electron chi connectivity index (χ2n) is 6.35. The molecule has 0 saturated heterocycles. The van der Waals surface area contributed by atoms with Gasteiger partial charge in [-0.1, -0.05) is 35.5 Å². The van der Waals surface area contributed by atoms with Gasteiger partial charge in [-0.15, -0.1) is 10.2 Å². The van der Waals surface area contributed by atoms with Gasteiger partial charge in [0.15, 0.2) is 10.9 Å². The second-order valence-corrected chi connectivity index (χ2v) is 8.10. The first-order chi connectivity index (χ1) is 11.1. The first kappa shape index (κ1) is 15.2. The average Bonchev–Trinajstić information content (AvgIpc) is 3.45. The van der Waals surface area contributed by atoms with Crippen molar-refractivity contribution >= 4 is 29.1 Å². The Morgan fingerprint density at radius 3 is 2.74 bits per heavy atom. The van der Waals surface area contributed by atoms with Gasteiger partial charge in [-0.2, -0.15) is 0 Å². The Morgan fingerprint density at radius 1 is 1.30 bits per heavy atom. The lowest BCUT2D eigenvalue weighted by atomic mass is 10.1. The first-order valence-electron chi connectivity index (χ1n) is 8.04. The van der Waals surface area contributed by atoms with Crippen molar-refractivity contribution < 1.29 is 4.79 Å². The van der Waals surface area contributed by atoms with Gasteiger partial charge in [-0.05, 0) is 44.7 Å². The molecule has 23 heavy (non-hydrogen) atoms. The van der Waals surface area contributed by atoms with Crippen LogP contribution in [0.3, 0.4) is 0 Å². The fourth-order valence-electron chi connectivity index (χ4n) is 2.75. The van der Waals surface area contributed by atoms with Crippen LogP contribution >= 0.6 is 23.4 Å². The molecule has 1 aromatic heterocycles. The van der Waals surface area contributed by atoms with Crippen molar-refractivity contribution in [3.8, 4) is 0 Å². The van der Waals surface area contributed by atoms with Crippen LogP contribution in [0.5, 0.6) is 0 Å². The minimum Gasteiger partial charge on any atom is -0.303 e. The molecular formula is C17H18ClN3OS. The maximum atomic E-state index is 12.6. The Balaban J connectivity index is 1.54. The smallest absolute Gasteiger partial charge is 0.192 e. The molecule has 2 saturated carbocycles. The van der Waals surface area contributed by atoms with Gasteiger partial charge >= 0.3 is 0 Å². The third-order valence-electron chi connectivity index (χ3n) is 4.31. The van der Waals surface area contributed by atoms with E-state index in [1.54, 1.807) is 12.1 Å². The van der Waals surface area contributed by atoms with Crippen LogP contribution in [0.25, 0.3) is 0 Å². The lowest BCUT2D eigenvalue weighted by Gasteiger charge is -2.12. The van der Waals surface area contributed by atoms with Gasteiger partial charge in [-0.3, -0.25) is 4.79 Å². The molecule has 0 N–H and O–H groups in total. The SMILES string of the molecule is C[C@@H](Sc1nnc(C2CC2)n1C1CC1)C(=O)c1cccc(Cl)c1. The predicted molar refractivity (Wildman–Crippen MR) is 91.4 cm³/mol. The highest BCUT2D eigenvalue weighted by Gasteiger charge is 2.37. The lowest BCUT2D eigenvalue weighted by Crippen LogP contribution is -2.15.